The van der Waals surface area contributed by atoms with Crippen LogP contribution in [-0.2, 0) is 42.1 Å². The number of pyridine rings is 8. The molecule has 8 aromatic heterocycles. The SMILES string of the molecule is C(=C\c1ccncc1)/c1ccncc1.Clc1cc(-c2ccccn2)nc(-c2ccccn2)c1.Clc1cc(-c2ccccn2)nc(-c2ccccn2)c1.[Pt+2].[Pt+2]. The normalized spacial score (nSPS) is 10.0. The van der Waals surface area contributed by atoms with E-state index in [-0.39, 0.29) is 42.1 Å². The molecule has 0 aliphatic carbocycles. The molecule has 0 aromatic carbocycles. The quantitative estimate of drug-likeness (QED) is 0.162. The van der Waals surface area contributed by atoms with Crippen LogP contribution in [0.3, 0.4) is 0 Å². The molecule has 54 heavy (non-hydrogen) atoms. The Bertz CT molecular complexity index is 2030. The fourth-order valence-electron chi connectivity index (χ4n) is 4.72. The van der Waals surface area contributed by atoms with Crippen molar-refractivity contribution in [3.8, 4) is 45.6 Å². The molecule has 0 spiro atoms. The zero-order valence-corrected chi connectivity index (χ0v) is 34.3. The second-order valence-corrected chi connectivity index (χ2v) is 11.7. The second kappa shape index (κ2) is 22.2. The van der Waals surface area contributed by atoms with Crippen molar-refractivity contribution in [1.82, 2.24) is 39.9 Å². The molecule has 0 fully saturated rings. The van der Waals surface area contributed by atoms with Gasteiger partial charge in [0.25, 0.3) is 0 Å². The Labute approximate surface area is 352 Å². The maximum absolute atomic E-state index is 6.15. The van der Waals surface area contributed by atoms with Gasteiger partial charge in [0.05, 0.1) is 45.6 Å². The molecule has 0 aliphatic rings. The summed E-state index contributed by atoms with van der Waals surface area (Å²) in [6, 6.07) is 37.9. The average molecular weight is 1110 g/mol. The van der Waals surface area contributed by atoms with Gasteiger partial charge in [0.2, 0.25) is 0 Å². The fourth-order valence-corrected chi connectivity index (χ4v) is 5.13. The van der Waals surface area contributed by atoms with E-state index in [4.69, 9.17) is 23.2 Å². The van der Waals surface area contributed by atoms with Crippen molar-refractivity contribution >= 4 is 35.4 Å². The Kier molecular flexibility index (Phi) is 17.1. The molecule has 0 N–H and O–H groups in total. The molecule has 8 heterocycles. The van der Waals surface area contributed by atoms with Crippen LogP contribution in [0.5, 0.6) is 0 Å². The molecule has 0 atom stereocenters. The van der Waals surface area contributed by atoms with Gasteiger partial charge in [-0.25, -0.2) is 9.97 Å². The van der Waals surface area contributed by atoms with Gasteiger partial charge in [0.15, 0.2) is 0 Å². The van der Waals surface area contributed by atoms with E-state index in [0.29, 0.717) is 10.0 Å². The predicted molar refractivity (Wildman–Crippen MR) is 209 cm³/mol. The maximum Gasteiger partial charge on any atom is 2.00 e. The fraction of sp³-hybridized carbons (Fsp3) is 0. The molecular formula is C42H30Cl2N8Pt2+4. The van der Waals surface area contributed by atoms with Crippen LogP contribution in [0, 0.1) is 0 Å². The molecule has 0 radical (unpaired) electrons. The first-order chi connectivity index (χ1) is 25.6. The van der Waals surface area contributed by atoms with Crippen LogP contribution in [0.15, 0.2) is 171 Å². The van der Waals surface area contributed by atoms with Crippen LogP contribution in [0.2, 0.25) is 10.0 Å². The van der Waals surface area contributed by atoms with Crippen molar-refractivity contribution in [2.45, 2.75) is 0 Å². The Morgan fingerprint density at radius 1 is 0.333 bits per heavy atom. The van der Waals surface area contributed by atoms with Gasteiger partial charge in [0, 0.05) is 59.6 Å². The van der Waals surface area contributed by atoms with Crippen molar-refractivity contribution in [3.63, 3.8) is 0 Å². The second-order valence-electron chi connectivity index (χ2n) is 10.9. The van der Waals surface area contributed by atoms with Crippen LogP contribution in [-0.4, -0.2) is 39.9 Å². The third-order valence-corrected chi connectivity index (χ3v) is 7.61. The molecular weight excluding hydrogens is 1080 g/mol. The molecule has 0 saturated heterocycles. The van der Waals surface area contributed by atoms with Gasteiger partial charge in [-0.1, -0.05) is 59.6 Å². The number of halogens is 2. The Hall–Kier alpha value is -5.10. The van der Waals surface area contributed by atoms with Crippen LogP contribution >= 0.6 is 23.2 Å². The van der Waals surface area contributed by atoms with E-state index in [0.717, 1.165) is 56.7 Å². The monoisotopic (exact) mass is 1110 g/mol. The van der Waals surface area contributed by atoms with E-state index in [1.807, 2.05) is 97.1 Å². The molecule has 12 heteroatoms. The summed E-state index contributed by atoms with van der Waals surface area (Å²) in [4.78, 5) is 34.2. The number of nitrogens with zero attached hydrogens (tertiary/aromatic N) is 8. The van der Waals surface area contributed by atoms with Gasteiger partial charge in [-0.3, -0.25) is 29.9 Å². The van der Waals surface area contributed by atoms with Crippen LogP contribution in [0.1, 0.15) is 11.1 Å². The number of aromatic nitrogens is 8. The van der Waals surface area contributed by atoms with Crippen LogP contribution < -0.4 is 0 Å². The van der Waals surface area contributed by atoms with Crippen LogP contribution in [0.4, 0.5) is 0 Å². The summed E-state index contributed by atoms with van der Waals surface area (Å²) in [5.74, 6) is 0. The first kappa shape index (κ1) is 41.6. The molecule has 0 saturated carbocycles. The van der Waals surface area contributed by atoms with E-state index < -0.39 is 0 Å². The van der Waals surface area contributed by atoms with Gasteiger partial charge in [0.1, 0.15) is 0 Å². The van der Waals surface area contributed by atoms with Gasteiger partial charge in [-0.2, -0.15) is 0 Å². The number of rotatable bonds is 6. The summed E-state index contributed by atoms with van der Waals surface area (Å²) in [5.41, 5.74) is 8.45. The van der Waals surface area contributed by atoms with E-state index in [1.54, 1.807) is 73.8 Å². The summed E-state index contributed by atoms with van der Waals surface area (Å²) in [6.07, 6.45) is 18.2. The predicted octanol–water partition coefficient (Wildman–Crippen LogP) is 10.4. The summed E-state index contributed by atoms with van der Waals surface area (Å²) < 4.78 is 0. The molecule has 0 aliphatic heterocycles. The Morgan fingerprint density at radius 3 is 0.852 bits per heavy atom. The van der Waals surface area contributed by atoms with E-state index >= 15 is 0 Å². The van der Waals surface area contributed by atoms with Gasteiger partial charge < -0.3 is 0 Å². The van der Waals surface area contributed by atoms with Gasteiger partial charge >= 0.3 is 42.1 Å². The smallest absolute Gasteiger partial charge is 0.265 e. The van der Waals surface area contributed by atoms with Crippen molar-refractivity contribution in [1.29, 1.82) is 0 Å². The van der Waals surface area contributed by atoms with Gasteiger partial charge in [-0.15, -0.1) is 0 Å². The summed E-state index contributed by atoms with van der Waals surface area (Å²) in [7, 11) is 0. The Balaban J connectivity index is 0.000000180. The van der Waals surface area contributed by atoms with Crippen molar-refractivity contribution in [2.75, 3.05) is 0 Å². The number of hydrogen-bond donors (Lipinski definition) is 0. The van der Waals surface area contributed by atoms with Crippen molar-refractivity contribution < 1.29 is 42.1 Å². The standard InChI is InChI=1S/2C15H10ClN3.C12H10N2.2Pt/c2*16-11-9-14(12-5-1-3-7-17-12)19-15(10-11)13-6-2-4-8-18-13;1(11-3-7-13-8-4-11)2-12-5-9-14-10-6-12;;/h2*1-10H;1-10H;;/q;;;2*+2/b;;2-1+;;. The minimum Gasteiger partial charge on any atom is -0.265 e. The first-order valence-electron chi connectivity index (χ1n) is 16.1. The zero-order valence-electron chi connectivity index (χ0n) is 28.3. The first-order valence-corrected chi connectivity index (χ1v) is 16.9. The van der Waals surface area contributed by atoms with E-state index in [2.05, 4.69) is 52.0 Å². The Morgan fingerprint density at radius 2 is 0.611 bits per heavy atom. The third-order valence-electron chi connectivity index (χ3n) is 7.17. The minimum atomic E-state index is 0. The number of hydrogen-bond acceptors (Lipinski definition) is 8. The molecule has 8 nitrogen and oxygen atoms in total. The van der Waals surface area contributed by atoms with E-state index in [1.165, 1.54) is 0 Å². The molecule has 268 valence electrons. The molecule has 0 unspecified atom stereocenters. The van der Waals surface area contributed by atoms with Crippen LogP contribution in [0.25, 0.3) is 57.7 Å². The molecule has 0 bridgehead atoms. The van der Waals surface area contributed by atoms with E-state index in [9.17, 15) is 0 Å². The summed E-state index contributed by atoms with van der Waals surface area (Å²) in [5, 5.41) is 1.24. The van der Waals surface area contributed by atoms with Gasteiger partial charge in [-0.05, 0) is 108 Å². The molecule has 8 rings (SSSR count). The zero-order chi connectivity index (χ0) is 35.8. The largest absolute Gasteiger partial charge is 2.00 e. The molecule has 0 amide bonds. The molecule has 8 aromatic rings. The topological polar surface area (TPSA) is 103 Å². The van der Waals surface area contributed by atoms with Crippen molar-refractivity contribution in [3.05, 3.63) is 192 Å². The maximum atomic E-state index is 6.15. The summed E-state index contributed by atoms with van der Waals surface area (Å²) >= 11 is 12.3. The summed E-state index contributed by atoms with van der Waals surface area (Å²) in [6.45, 7) is 0. The minimum absolute atomic E-state index is 0. The van der Waals surface area contributed by atoms with Crippen molar-refractivity contribution in [2.24, 2.45) is 0 Å². The third kappa shape index (κ3) is 12.8. The average Bonchev–Trinajstić information content (AvgIpc) is 3.22.